The van der Waals surface area contributed by atoms with Gasteiger partial charge in [-0.1, -0.05) is 23.4 Å². The number of sulfonamides is 1. The highest BCUT2D eigenvalue weighted by atomic mass is 32.2. The number of hydrogen-bond acceptors (Lipinski definition) is 6. The Labute approximate surface area is 144 Å². The van der Waals surface area contributed by atoms with Gasteiger partial charge in [-0.25, -0.2) is 13.1 Å². The summed E-state index contributed by atoms with van der Waals surface area (Å²) in [6.45, 7) is 1.95. The maximum Gasteiger partial charge on any atom is 0.231 e. The van der Waals surface area contributed by atoms with Crippen molar-refractivity contribution in [2.45, 2.75) is 18.7 Å². The molecule has 0 saturated heterocycles. The van der Waals surface area contributed by atoms with Crippen molar-refractivity contribution in [3.8, 4) is 11.5 Å². The SMILES string of the molecule is CC(NS(=O)(=O)Cc1noc2ccccc12)c1ccc2c(c1)OCO2. The van der Waals surface area contributed by atoms with Crippen LogP contribution < -0.4 is 14.2 Å². The van der Waals surface area contributed by atoms with E-state index in [9.17, 15) is 8.42 Å². The highest BCUT2D eigenvalue weighted by molar-refractivity contribution is 7.88. The van der Waals surface area contributed by atoms with Gasteiger partial charge in [-0.3, -0.25) is 0 Å². The van der Waals surface area contributed by atoms with Crippen LogP contribution in [0.1, 0.15) is 24.2 Å². The smallest absolute Gasteiger partial charge is 0.231 e. The molecule has 1 aliphatic rings. The van der Waals surface area contributed by atoms with Crippen LogP contribution in [0.15, 0.2) is 47.0 Å². The Bertz CT molecular complexity index is 1030. The van der Waals surface area contributed by atoms with Gasteiger partial charge in [0.05, 0.1) is 0 Å². The molecule has 0 saturated carbocycles. The number of aromatic nitrogens is 1. The zero-order chi connectivity index (χ0) is 17.4. The van der Waals surface area contributed by atoms with Crippen LogP contribution in [-0.2, 0) is 15.8 Å². The number of para-hydroxylation sites is 1. The van der Waals surface area contributed by atoms with Crippen LogP contribution in [0.25, 0.3) is 11.0 Å². The van der Waals surface area contributed by atoms with Crippen molar-refractivity contribution in [3.05, 3.63) is 53.7 Å². The molecule has 0 amide bonds. The number of ether oxygens (including phenoxy) is 2. The summed E-state index contributed by atoms with van der Waals surface area (Å²) in [6.07, 6.45) is 0. The summed E-state index contributed by atoms with van der Waals surface area (Å²) < 4.78 is 43.4. The van der Waals surface area contributed by atoms with Crippen LogP contribution >= 0.6 is 0 Å². The number of nitrogens with one attached hydrogen (secondary N) is 1. The average Bonchev–Trinajstić information content (AvgIpc) is 3.20. The Morgan fingerprint density at radius 3 is 2.84 bits per heavy atom. The molecule has 0 fully saturated rings. The van der Waals surface area contributed by atoms with Crippen LogP contribution in [0.3, 0.4) is 0 Å². The first-order valence-corrected chi connectivity index (χ1v) is 9.40. The molecule has 8 heteroatoms. The lowest BCUT2D eigenvalue weighted by atomic mass is 10.1. The van der Waals surface area contributed by atoms with Crippen LogP contribution in [0.2, 0.25) is 0 Å². The Hall–Kier alpha value is -2.58. The Morgan fingerprint density at radius 1 is 1.16 bits per heavy atom. The fraction of sp³-hybridized carbons (Fsp3) is 0.235. The van der Waals surface area contributed by atoms with Gasteiger partial charge in [0.25, 0.3) is 0 Å². The Morgan fingerprint density at radius 2 is 1.96 bits per heavy atom. The lowest BCUT2D eigenvalue weighted by Gasteiger charge is -2.14. The van der Waals surface area contributed by atoms with Crippen molar-refractivity contribution in [1.29, 1.82) is 0 Å². The molecule has 3 aromatic rings. The molecule has 0 bridgehead atoms. The molecule has 1 N–H and O–H groups in total. The van der Waals surface area contributed by atoms with E-state index in [1.165, 1.54) is 0 Å². The van der Waals surface area contributed by atoms with Gasteiger partial charge in [-0.2, -0.15) is 0 Å². The lowest BCUT2D eigenvalue weighted by molar-refractivity contribution is 0.174. The third-order valence-electron chi connectivity index (χ3n) is 4.03. The molecule has 0 aliphatic carbocycles. The van der Waals surface area contributed by atoms with Gasteiger partial charge in [0, 0.05) is 11.4 Å². The second kappa shape index (κ2) is 6.05. The van der Waals surface area contributed by atoms with Crippen molar-refractivity contribution in [2.24, 2.45) is 0 Å². The van der Waals surface area contributed by atoms with E-state index >= 15 is 0 Å². The van der Waals surface area contributed by atoms with Gasteiger partial charge >= 0.3 is 0 Å². The minimum Gasteiger partial charge on any atom is -0.454 e. The first kappa shape index (κ1) is 15.9. The van der Waals surface area contributed by atoms with Gasteiger partial charge in [0.15, 0.2) is 17.1 Å². The maximum absolute atomic E-state index is 12.5. The number of rotatable bonds is 5. The molecule has 1 aromatic heterocycles. The van der Waals surface area contributed by atoms with E-state index in [-0.39, 0.29) is 12.5 Å². The highest BCUT2D eigenvalue weighted by Crippen LogP contribution is 2.34. The summed E-state index contributed by atoms with van der Waals surface area (Å²) in [5, 5.41) is 4.57. The van der Waals surface area contributed by atoms with E-state index < -0.39 is 16.1 Å². The molecule has 1 atom stereocenters. The Balaban J connectivity index is 1.52. The summed E-state index contributed by atoms with van der Waals surface area (Å²) in [5.74, 6) is 1.03. The number of nitrogens with zero attached hydrogens (tertiary/aromatic N) is 1. The lowest BCUT2D eigenvalue weighted by Crippen LogP contribution is -2.28. The second-order valence-electron chi connectivity index (χ2n) is 5.84. The predicted octanol–water partition coefficient (Wildman–Crippen LogP) is 2.74. The first-order valence-electron chi connectivity index (χ1n) is 7.75. The highest BCUT2D eigenvalue weighted by Gasteiger charge is 2.22. The molecule has 2 aromatic carbocycles. The zero-order valence-corrected chi connectivity index (χ0v) is 14.2. The largest absolute Gasteiger partial charge is 0.454 e. The molecule has 7 nitrogen and oxygen atoms in total. The summed E-state index contributed by atoms with van der Waals surface area (Å²) >= 11 is 0. The predicted molar refractivity (Wildman–Crippen MR) is 90.7 cm³/mol. The number of benzene rings is 2. The summed E-state index contributed by atoms with van der Waals surface area (Å²) in [6, 6.07) is 12.1. The van der Waals surface area contributed by atoms with Crippen LogP contribution in [0, 0.1) is 0 Å². The molecular weight excluding hydrogens is 344 g/mol. The molecule has 0 radical (unpaired) electrons. The molecule has 1 aliphatic heterocycles. The molecule has 1 unspecified atom stereocenters. The van der Waals surface area contributed by atoms with Gasteiger partial charge < -0.3 is 14.0 Å². The van der Waals surface area contributed by atoms with E-state index in [2.05, 4.69) is 9.88 Å². The minimum absolute atomic E-state index is 0.179. The van der Waals surface area contributed by atoms with Crippen LogP contribution in [-0.4, -0.2) is 20.4 Å². The molecule has 0 spiro atoms. The topological polar surface area (TPSA) is 90.7 Å². The first-order chi connectivity index (χ1) is 12.0. The maximum atomic E-state index is 12.5. The quantitative estimate of drug-likeness (QED) is 0.752. The molecular formula is C17H16N2O5S. The van der Waals surface area contributed by atoms with E-state index in [1.54, 1.807) is 31.2 Å². The molecule has 25 heavy (non-hydrogen) atoms. The van der Waals surface area contributed by atoms with Gasteiger partial charge in [-0.15, -0.1) is 0 Å². The zero-order valence-electron chi connectivity index (χ0n) is 13.4. The monoisotopic (exact) mass is 360 g/mol. The van der Waals surface area contributed by atoms with E-state index in [4.69, 9.17) is 14.0 Å². The minimum atomic E-state index is -3.60. The van der Waals surface area contributed by atoms with Crippen LogP contribution in [0.5, 0.6) is 11.5 Å². The summed E-state index contributed by atoms with van der Waals surface area (Å²) in [5.41, 5.74) is 1.75. The third kappa shape index (κ3) is 3.18. The second-order valence-corrected chi connectivity index (χ2v) is 7.59. The molecule has 2 heterocycles. The number of hydrogen-bond donors (Lipinski definition) is 1. The Kier molecular flexibility index (Phi) is 3.85. The average molecular weight is 360 g/mol. The van der Waals surface area contributed by atoms with E-state index in [0.717, 1.165) is 5.56 Å². The number of fused-ring (bicyclic) bond motifs is 2. The summed E-state index contributed by atoms with van der Waals surface area (Å²) in [4.78, 5) is 0. The normalized spacial score (nSPS) is 14.8. The third-order valence-corrected chi connectivity index (χ3v) is 5.40. The summed E-state index contributed by atoms with van der Waals surface area (Å²) in [7, 11) is -3.60. The molecule has 130 valence electrons. The van der Waals surface area contributed by atoms with Crippen molar-refractivity contribution in [1.82, 2.24) is 9.88 Å². The van der Waals surface area contributed by atoms with Gasteiger partial charge in [0.2, 0.25) is 16.8 Å². The van der Waals surface area contributed by atoms with Crippen molar-refractivity contribution < 1.29 is 22.4 Å². The van der Waals surface area contributed by atoms with Crippen LogP contribution in [0.4, 0.5) is 0 Å². The van der Waals surface area contributed by atoms with Gasteiger partial charge in [0.1, 0.15) is 11.4 Å². The molecule has 4 rings (SSSR count). The fourth-order valence-electron chi connectivity index (χ4n) is 2.78. The van der Waals surface area contributed by atoms with E-state index in [1.807, 2.05) is 18.2 Å². The van der Waals surface area contributed by atoms with E-state index in [0.29, 0.717) is 28.2 Å². The fourth-order valence-corrected chi connectivity index (χ4v) is 4.11. The van der Waals surface area contributed by atoms with Crippen molar-refractivity contribution in [3.63, 3.8) is 0 Å². The van der Waals surface area contributed by atoms with Crippen molar-refractivity contribution in [2.75, 3.05) is 6.79 Å². The van der Waals surface area contributed by atoms with Gasteiger partial charge in [-0.05, 0) is 36.8 Å². The van der Waals surface area contributed by atoms with Crippen molar-refractivity contribution >= 4 is 21.0 Å². The standard InChI is InChI=1S/C17H16N2O5S/c1-11(12-6-7-16-17(8-12)23-10-22-16)19-25(20,21)9-14-13-4-2-3-5-15(13)24-18-14/h2-8,11,19H,9-10H2,1H3.